The number of rotatable bonds is 3. The summed E-state index contributed by atoms with van der Waals surface area (Å²) in [6.45, 7) is 1.51. The average molecular weight is 176 g/mol. The minimum absolute atomic E-state index is 0.702. The highest BCUT2D eigenvalue weighted by Crippen LogP contribution is 2.10. The molecule has 0 N–H and O–H groups in total. The summed E-state index contributed by atoms with van der Waals surface area (Å²) in [7, 11) is 1.70. The zero-order chi connectivity index (χ0) is 9.10. The molecule has 1 aromatic heterocycles. The summed E-state index contributed by atoms with van der Waals surface area (Å²) in [4.78, 5) is 0. The van der Waals surface area contributed by atoms with Crippen LogP contribution < -0.4 is 0 Å². The largest absolute Gasteiger partial charge is 0.383 e. The molecule has 0 atom stereocenters. The summed E-state index contributed by atoms with van der Waals surface area (Å²) in [5.41, 5.74) is 1.04. The van der Waals surface area contributed by atoms with Crippen molar-refractivity contribution in [3.63, 3.8) is 0 Å². The molecule has 68 valence electrons. The molecule has 0 amide bonds. The van der Waals surface area contributed by atoms with Gasteiger partial charge in [0.05, 0.1) is 18.7 Å². The van der Waals surface area contributed by atoms with Gasteiger partial charge in [-0.25, -0.2) is 0 Å². The van der Waals surface area contributed by atoms with Crippen LogP contribution in [0, 0.1) is 0 Å². The molecule has 0 fully saturated rings. The summed E-state index contributed by atoms with van der Waals surface area (Å²) in [5, 5.41) is 5.57. The number of methoxy groups -OCH3 is 1. The minimum atomic E-state index is 0.702. The molecule has 13 heavy (non-hydrogen) atoms. The van der Waals surface area contributed by atoms with E-state index < -0.39 is 0 Å². The molecule has 1 heterocycles. The van der Waals surface area contributed by atoms with Crippen molar-refractivity contribution < 1.29 is 4.74 Å². The Morgan fingerprint density at radius 3 is 3.00 bits per heavy atom. The average Bonchev–Trinajstić information content (AvgIpc) is 2.57. The molecule has 0 aliphatic rings. The fourth-order valence-electron chi connectivity index (χ4n) is 1.31. The Balaban J connectivity index is 2.28. The van der Waals surface area contributed by atoms with Crippen LogP contribution in [-0.2, 0) is 11.3 Å². The van der Waals surface area contributed by atoms with Gasteiger partial charge in [0.1, 0.15) is 0 Å². The van der Waals surface area contributed by atoms with Crippen molar-refractivity contribution in [3.8, 4) is 0 Å². The first kappa shape index (κ1) is 8.26. The van der Waals surface area contributed by atoms with Crippen LogP contribution in [0.5, 0.6) is 0 Å². The lowest BCUT2D eigenvalue weighted by atomic mass is 10.3. The predicted molar refractivity (Wildman–Crippen MR) is 51.6 cm³/mol. The van der Waals surface area contributed by atoms with Crippen molar-refractivity contribution in [1.82, 2.24) is 9.78 Å². The van der Waals surface area contributed by atoms with Crippen LogP contribution >= 0.6 is 0 Å². The van der Waals surface area contributed by atoms with Crippen molar-refractivity contribution in [2.24, 2.45) is 0 Å². The molecule has 0 unspecified atom stereocenters. The van der Waals surface area contributed by atoms with Crippen LogP contribution in [0.3, 0.4) is 0 Å². The Bertz CT molecular complexity index is 361. The third kappa shape index (κ3) is 1.70. The van der Waals surface area contributed by atoms with Gasteiger partial charge in [0, 0.05) is 18.7 Å². The van der Waals surface area contributed by atoms with E-state index in [0.717, 1.165) is 12.1 Å². The highest BCUT2D eigenvalue weighted by atomic mass is 16.5. The number of benzene rings is 1. The number of nitrogens with zero attached hydrogens (tertiary/aromatic N) is 2. The van der Waals surface area contributed by atoms with Crippen LogP contribution in [0.15, 0.2) is 30.5 Å². The fourth-order valence-corrected chi connectivity index (χ4v) is 1.31. The van der Waals surface area contributed by atoms with E-state index >= 15 is 0 Å². The number of ether oxygens (including phenoxy) is 1. The monoisotopic (exact) mass is 176 g/mol. The summed E-state index contributed by atoms with van der Waals surface area (Å²) >= 11 is 0. The van der Waals surface area contributed by atoms with Gasteiger partial charge in [-0.3, -0.25) is 4.68 Å². The molecule has 0 spiro atoms. The lowest BCUT2D eigenvalue weighted by Crippen LogP contribution is -2.03. The van der Waals surface area contributed by atoms with Crippen LogP contribution in [-0.4, -0.2) is 23.5 Å². The van der Waals surface area contributed by atoms with Crippen LogP contribution in [0.2, 0.25) is 0 Å². The third-order valence-electron chi connectivity index (χ3n) is 1.99. The lowest BCUT2D eigenvalue weighted by molar-refractivity contribution is 0.184. The summed E-state index contributed by atoms with van der Waals surface area (Å²) in [6.07, 6.45) is 2.04. The Kier molecular flexibility index (Phi) is 2.27. The Morgan fingerprint density at radius 1 is 1.38 bits per heavy atom. The summed E-state index contributed by atoms with van der Waals surface area (Å²) < 4.78 is 6.89. The first-order valence-corrected chi connectivity index (χ1v) is 4.31. The molecule has 0 radical (unpaired) electrons. The van der Waals surface area contributed by atoms with Gasteiger partial charge in [0.2, 0.25) is 0 Å². The Morgan fingerprint density at radius 2 is 2.23 bits per heavy atom. The molecule has 3 nitrogen and oxygen atoms in total. The molecule has 0 saturated heterocycles. The van der Waals surface area contributed by atoms with Crippen molar-refractivity contribution in [2.45, 2.75) is 6.54 Å². The topological polar surface area (TPSA) is 27.1 Å². The van der Waals surface area contributed by atoms with E-state index in [2.05, 4.69) is 11.2 Å². The number of hydrogen-bond donors (Lipinski definition) is 0. The number of fused-ring (bicyclic) bond motifs is 1. The first-order valence-electron chi connectivity index (χ1n) is 4.31. The standard InChI is InChI=1S/C10H12N2O/c1-13-7-6-12-8-9-4-2-3-5-10(9)11-12/h2-5,8H,6-7H2,1H3. The highest BCUT2D eigenvalue weighted by molar-refractivity contribution is 5.77. The van der Waals surface area contributed by atoms with E-state index in [1.807, 2.05) is 29.1 Å². The summed E-state index contributed by atoms with van der Waals surface area (Å²) in [6, 6.07) is 8.09. The highest BCUT2D eigenvalue weighted by Gasteiger charge is 1.97. The molecular formula is C10H12N2O. The smallest absolute Gasteiger partial charge is 0.0923 e. The van der Waals surface area contributed by atoms with Gasteiger partial charge in [0.15, 0.2) is 0 Å². The van der Waals surface area contributed by atoms with E-state index in [1.54, 1.807) is 7.11 Å². The van der Waals surface area contributed by atoms with Gasteiger partial charge < -0.3 is 4.74 Å². The second-order valence-corrected chi connectivity index (χ2v) is 2.94. The van der Waals surface area contributed by atoms with Crippen molar-refractivity contribution in [2.75, 3.05) is 13.7 Å². The quantitative estimate of drug-likeness (QED) is 0.711. The fraction of sp³-hybridized carbons (Fsp3) is 0.300. The van der Waals surface area contributed by atoms with E-state index in [0.29, 0.717) is 6.61 Å². The van der Waals surface area contributed by atoms with E-state index in [-0.39, 0.29) is 0 Å². The number of hydrogen-bond acceptors (Lipinski definition) is 2. The zero-order valence-corrected chi connectivity index (χ0v) is 7.60. The summed E-state index contributed by atoms with van der Waals surface area (Å²) in [5.74, 6) is 0. The Hall–Kier alpha value is -1.35. The van der Waals surface area contributed by atoms with Gasteiger partial charge in [-0.15, -0.1) is 0 Å². The molecular weight excluding hydrogens is 164 g/mol. The van der Waals surface area contributed by atoms with E-state index in [9.17, 15) is 0 Å². The van der Waals surface area contributed by atoms with Crippen LogP contribution in [0.25, 0.3) is 10.9 Å². The molecule has 0 saturated carbocycles. The van der Waals surface area contributed by atoms with Gasteiger partial charge in [-0.2, -0.15) is 5.10 Å². The maximum atomic E-state index is 4.98. The van der Waals surface area contributed by atoms with E-state index in [1.165, 1.54) is 5.39 Å². The van der Waals surface area contributed by atoms with Crippen LogP contribution in [0.1, 0.15) is 0 Å². The normalized spacial score (nSPS) is 10.8. The van der Waals surface area contributed by atoms with Crippen molar-refractivity contribution >= 4 is 10.9 Å². The van der Waals surface area contributed by atoms with Gasteiger partial charge in [0.25, 0.3) is 0 Å². The molecule has 2 aromatic rings. The lowest BCUT2D eigenvalue weighted by Gasteiger charge is -1.97. The van der Waals surface area contributed by atoms with Crippen LogP contribution in [0.4, 0.5) is 0 Å². The maximum Gasteiger partial charge on any atom is 0.0923 e. The Labute approximate surface area is 76.9 Å². The minimum Gasteiger partial charge on any atom is -0.383 e. The van der Waals surface area contributed by atoms with Crippen molar-refractivity contribution in [1.29, 1.82) is 0 Å². The SMILES string of the molecule is COCCn1cc2ccccc2n1. The second-order valence-electron chi connectivity index (χ2n) is 2.94. The number of aromatic nitrogens is 2. The molecule has 0 aliphatic heterocycles. The first-order chi connectivity index (χ1) is 6.40. The molecule has 2 rings (SSSR count). The van der Waals surface area contributed by atoms with Crippen molar-refractivity contribution in [3.05, 3.63) is 30.5 Å². The van der Waals surface area contributed by atoms with Gasteiger partial charge in [-0.1, -0.05) is 18.2 Å². The molecule has 0 aliphatic carbocycles. The maximum absolute atomic E-state index is 4.98. The van der Waals surface area contributed by atoms with Gasteiger partial charge in [-0.05, 0) is 6.07 Å². The second kappa shape index (κ2) is 3.58. The molecule has 0 bridgehead atoms. The third-order valence-corrected chi connectivity index (χ3v) is 1.99. The molecule has 3 heteroatoms. The van der Waals surface area contributed by atoms with E-state index in [4.69, 9.17) is 4.74 Å². The molecule has 1 aromatic carbocycles. The zero-order valence-electron chi connectivity index (χ0n) is 7.60. The predicted octanol–water partition coefficient (Wildman–Crippen LogP) is 1.68. The van der Waals surface area contributed by atoms with Gasteiger partial charge >= 0.3 is 0 Å².